The van der Waals surface area contributed by atoms with Gasteiger partial charge in [-0.2, -0.15) is 0 Å². The molecule has 6 aromatic rings. The largest absolute Gasteiger partial charge is 0.497 e. The second-order valence-corrected chi connectivity index (χ2v) is 19.2. The van der Waals surface area contributed by atoms with Gasteiger partial charge in [-0.25, -0.2) is 24.4 Å². The third-order valence-corrected chi connectivity index (χ3v) is 11.7. The lowest BCUT2D eigenvalue weighted by molar-refractivity contribution is -0.163. The maximum Gasteiger partial charge on any atom is 0.411 e. The van der Waals surface area contributed by atoms with Gasteiger partial charge < -0.3 is 38.7 Å². The summed E-state index contributed by atoms with van der Waals surface area (Å²) in [6.07, 6.45) is -1.22. The number of esters is 1. The summed E-state index contributed by atoms with van der Waals surface area (Å²) in [5, 5.41) is 6.52. The highest BCUT2D eigenvalue weighted by atomic mass is 16.6. The normalized spacial score (nSPS) is 17.7. The highest BCUT2D eigenvalue weighted by Crippen LogP contribution is 2.47. The smallest absolute Gasteiger partial charge is 0.411 e. The molecule has 1 aliphatic rings. The van der Waals surface area contributed by atoms with E-state index in [1.807, 2.05) is 103 Å². The Labute approximate surface area is 407 Å². The van der Waals surface area contributed by atoms with Crippen molar-refractivity contribution in [3.05, 3.63) is 166 Å². The number of carbonyl (C=O) groups is 3. The molecule has 1 saturated heterocycles. The fourth-order valence-electron chi connectivity index (χ4n) is 8.64. The Morgan fingerprint density at radius 3 is 1.89 bits per heavy atom. The van der Waals surface area contributed by atoms with Crippen molar-refractivity contribution in [2.45, 2.75) is 109 Å². The van der Waals surface area contributed by atoms with Crippen molar-refractivity contribution in [3.63, 3.8) is 0 Å². The molecule has 366 valence electrons. The number of alkyl carbamates (subject to hydrolysis) is 1. The lowest BCUT2D eigenvalue weighted by Gasteiger charge is -2.39. The first-order valence-corrected chi connectivity index (χ1v) is 23.1. The van der Waals surface area contributed by atoms with Gasteiger partial charge in [0.1, 0.15) is 41.0 Å². The van der Waals surface area contributed by atoms with Crippen molar-refractivity contribution in [2.24, 2.45) is 11.0 Å². The fourth-order valence-corrected chi connectivity index (χ4v) is 8.64. The van der Waals surface area contributed by atoms with Crippen LogP contribution in [-0.4, -0.2) is 87.2 Å². The van der Waals surface area contributed by atoms with Crippen LogP contribution in [0.1, 0.15) is 89.2 Å². The van der Waals surface area contributed by atoms with E-state index in [1.54, 1.807) is 80.8 Å². The van der Waals surface area contributed by atoms with Gasteiger partial charge in [0, 0.05) is 16.7 Å². The first kappa shape index (κ1) is 50.4. The molecule has 0 spiro atoms. The topological polar surface area (TPSA) is 212 Å². The summed E-state index contributed by atoms with van der Waals surface area (Å²) in [6.45, 7) is 13.7. The summed E-state index contributed by atoms with van der Waals surface area (Å²) in [5.74, 6) is -0.650. The predicted molar refractivity (Wildman–Crippen MR) is 262 cm³/mol. The molecule has 70 heavy (non-hydrogen) atoms. The van der Waals surface area contributed by atoms with Crippen molar-refractivity contribution >= 4 is 35.0 Å². The van der Waals surface area contributed by atoms with E-state index in [-0.39, 0.29) is 19.0 Å². The summed E-state index contributed by atoms with van der Waals surface area (Å²) >= 11 is 0. The number of nitrogens with zero attached hydrogens (tertiary/aromatic N) is 6. The number of fused-ring (bicyclic) bond motifs is 1. The van der Waals surface area contributed by atoms with E-state index >= 15 is 4.79 Å². The van der Waals surface area contributed by atoms with Crippen LogP contribution in [0.15, 0.2) is 133 Å². The number of nitrogens with one attached hydrogen (secondary N) is 2. The molecular weight excluding hydrogens is 893 g/mol. The first-order valence-electron chi connectivity index (χ1n) is 23.1. The number of aromatic nitrogens is 3. The number of amides is 2. The molecule has 3 heterocycles. The molecule has 7 rings (SSSR count). The maximum absolute atomic E-state index is 15.3. The van der Waals surface area contributed by atoms with E-state index in [9.17, 15) is 15.1 Å². The number of rotatable bonds is 16. The highest BCUT2D eigenvalue weighted by molar-refractivity contribution is 5.88. The molecular formula is C53H60N8O9. The fraction of sp³-hybridized carbons (Fsp3) is 0.377. The number of hydrogen-bond donors (Lipinski definition) is 2. The van der Waals surface area contributed by atoms with Gasteiger partial charge in [0.2, 0.25) is 0 Å². The second kappa shape index (κ2) is 21.5. The molecule has 5 atom stereocenters. The number of azide groups is 1. The summed E-state index contributed by atoms with van der Waals surface area (Å²) in [6, 6.07) is 33.0. The van der Waals surface area contributed by atoms with E-state index in [0.717, 1.165) is 22.3 Å². The molecule has 2 aromatic heterocycles. The molecule has 4 aromatic carbocycles. The van der Waals surface area contributed by atoms with Crippen molar-refractivity contribution in [1.82, 2.24) is 25.2 Å². The van der Waals surface area contributed by atoms with Crippen LogP contribution in [0.25, 0.3) is 21.5 Å². The zero-order valence-electron chi connectivity index (χ0n) is 40.9. The van der Waals surface area contributed by atoms with E-state index in [2.05, 4.69) is 30.3 Å². The summed E-state index contributed by atoms with van der Waals surface area (Å²) in [4.78, 5) is 60.0. The van der Waals surface area contributed by atoms with Gasteiger partial charge in [0.05, 0.1) is 43.4 Å². The van der Waals surface area contributed by atoms with Crippen LogP contribution in [0.5, 0.6) is 5.75 Å². The minimum Gasteiger partial charge on any atom is -0.497 e. The number of hydrogen-bond acceptors (Lipinski definition) is 12. The van der Waals surface area contributed by atoms with Gasteiger partial charge in [-0.1, -0.05) is 117 Å². The van der Waals surface area contributed by atoms with Crippen LogP contribution in [0.4, 0.5) is 15.4 Å². The molecule has 1 fully saturated rings. The molecule has 0 unspecified atom stereocenters. The minimum absolute atomic E-state index is 0.0190. The van der Waals surface area contributed by atoms with Gasteiger partial charge in [0.15, 0.2) is 11.9 Å². The van der Waals surface area contributed by atoms with Gasteiger partial charge in [-0.05, 0) is 92.5 Å². The van der Waals surface area contributed by atoms with Crippen LogP contribution in [0, 0.1) is 5.92 Å². The Morgan fingerprint density at radius 1 is 0.800 bits per heavy atom. The van der Waals surface area contributed by atoms with Crippen molar-refractivity contribution in [2.75, 3.05) is 13.7 Å². The average Bonchev–Trinajstić information content (AvgIpc) is 3.89. The van der Waals surface area contributed by atoms with Gasteiger partial charge in [-0.3, -0.25) is 4.90 Å². The first-order chi connectivity index (χ1) is 33.4. The quantitative estimate of drug-likeness (QED) is 0.0233. The number of benzene rings is 4. The number of carbonyl (C=O) groups excluding carboxylic acids is 3. The Morgan fingerprint density at radius 2 is 1.37 bits per heavy atom. The average molecular weight is 953 g/mol. The molecule has 2 amide bonds. The SMILES string of the molecule is COc1ccc(CO[C@@H]2[C@H](OC(=O)[C@@H](NC(=O)OC(C)(C)C)C(C)C)[C@@H](COC(c3ccccc3)(c3ccccc3)c3ccccc3)N(C(=O)OC(C)(C)C)[C@H]2c2c[nH]c3c(N=[N+]=[N-])ncnc23)cc1. The summed E-state index contributed by atoms with van der Waals surface area (Å²) < 4.78 is 38.4. The Hall–Kier alpha value is -7.46. The van der Waals surface area contributed by atoms with Gasteiger partial charge in [-0.15, -0.1) is 0 Å². The lowest BCUT2D eigenvalue weighted by atomic mass is 9.80. The summed E-state index contributed by atoms with van der Waals surface area (Å²) in [7, 11) is 1.57. The number of aromatic amines is 1. The van der Waals surface area contributed by atoms with Crippen molar-refractivity contribution < 1.29 is 42.8 Å². The van der Waals surface area contributed by atoms with Crippen molar-refractivity contribution in [3.8, 4) is 5.75 Å². The Balaban J connectivity index is 1.46. The zero-order valence-corrected chi connectivity index (χ0v) is 40.9. The molecule has 2 N–H and O–H groups in total. The van der Waals surface area contributed by atoms with E-state index in [0.29, 0.717) is 22.3 Å². The third kappa shape index (κ3) is 11.3. The van der Waals surface area contributed by atoms with Crippen LogP contribution in [-0.2, 0) is 40.7 Å². The zero-order chi connectivity index (χ0) is 50.2. The molecule has 0 bridgehead atoms. The number of likely N-dealkylation sites (tertiary alicyclic amines) is 1. The van der Waals surface area contributed by atoms with Crippen molar-refractivity contribution in [1.29, 1.82) is 0 Å². The maximum atomic E-state index is 15.3. The number of ether oxygens (including phenoxy) is 6. The molecule has 0 aliphatic carbocycles. The van der Waals surface area contributed by atoms with Gasteiger partial charge in [0.25, 0.3) is 0 Å². The van der Waals surface area contributed by atoms with Crippen LogP contribution >= 0.6 is 0 Å². The molecule has 17 heteroatoms. The standard InChI is InChI=1S/C53H60N8O9/c1-33(2)41(58-49(63)69-51(3,4)5)48(62)68-45-40(31-67-53(35-19-13-10-14-20-35,36-21-15-11-16-22-36)37-23-17-12-18-24-37)61(50(64)70-52(6,7)8)44(46(45)66-30-34-25-27-38(65-9)28-26-34)39-29-55-43-42(39)56-32-57-47(43)59-60-54/h10-29,32-33,40-41,44-46,55H,30-31H2,1-9H3,(H,58,63)/t40-,41+,44+,45-,46+/m1/s1. The third-order valence-electron chi connectivity index (χ3n) is 11.7. The monoisotopic (exact) mass is 952 g/mol. The highest BCUT2D eigenvalue weighted by Gasteiger charge is 2.58. The van der Waals surface area contributed by atoms with Crippen LogP contribution in [0.2, 0.25) is 0 Å². The van der Waals surface area contributed by atoms with Gasteiger partial charge >= 0.3 is 18.2 Å². The molecule has 0 saturated carbocycles. The molecule has 0 radical (unpaired) electrons. The number of H-pyrrole nitrogens is 1. The minimum atomic E-state index is -1.33. The molecule has 17 nitrogen and oxygen atoms in total. The summed E-state index contributed by atoms with van der Waals surface area (Å²) in [5.41, 5.74) is 10.4. The molecule has 1 aliphatic heterocycles. The lowest BCUT2D eigenvalue weighted by Crippen LogP contribution is -2.52. The van der Waals surface area contributed by atoms with Crippen LogP contribution < -0.4 is 10.1 Å². The van der Waals surface area contributed by atoms with E-state index in [4.69, 9.17) is 28.4 Å². The van der Waals surface area contributed by atoms with E-state index < -0.39 is 71.2 Å². The van der Waals surface area contributed by atoms with E-state index in [1.165, 1.54) is 11.2 Å². The van der Waals surface area contributed by atoms with Crippen LogP contribution in [0.3, 0.4) is 0 Å². The predicted octanol–water partition coefficient (Wildman–Crippen LogP) is 10.6. The Bertz CT molecular complexity index is 2670. The number of methoxy groups -OCH3 is 1. The Kier molecular flexibility index (Phi) is 15.5. The second-order valence-electron chi connectivity index (χ2n) is 19.2.